The van der Waals surface area contributed by atoms with E-state index in [1.807, 2.05) is 6.92 Å². The molecule has 0 aliphatic heterocycles. The van der Waals surface area contributed by atoms with Gasteiger partial charge in [0.25, 0.3) is 5.91 Å². The Kier molecular flexibility index (Phi) is 5.58. The Morgan fingerprint density at radius 3 is 2.35 bits per heavy atom. The molecule has 0 aromatic heterocycles. The van der Waals surface area contributed by atoms with Crippen molar-refractivity contribution in [2.24, 2.45) is 0 Å². The lowest BCUT2D eigenvalue weighted by atomic mass is 10.1. The van der Waals surface area contributed by atoms with Crippen LogP contribution in [0.5, 0.6) is 0 Å². The van der Waals surface area contributed by atoms with Gasteiger partial charge in [-0.3, -0.25) is 4.79 Å². The van der Waals surface area contributed by atoms with Gasteiger partial charge in [0.05, 0.1) is 10.9 Å². The van der Waals surface area contributed by atoms with Gasteiger partial charge >= 0.3 is 0 Å². The molecule has 1 saturated carbocycles. The third kappa shape index (κ3) is 4.57. The van der Waals surface area contributed by atoms with Crippen molar-refractivity contribution in [2.45, 2.75) is 36.7 Å². The smallest absolute Gasteiger partial charge is 0.251 e. The van der Waals surface area contributed by atoms with Crippen molar-refractivity contribution in [1.29, 1.82) is 0 Å². The van der Waals surface area contributed by atoms with Crippen molar-refractivity contribution in [3.63, 3.8) is 0 Å². The highest BCUT2D eigenvalue weighted by Gasteiger charge is 2.28. The summed E-state index contributed by atoms with van der Waals surface area (Å²) in [4.78, 5) is 12.6. The molecular weight excluding hydrogens is 395 g/mol. The summed E-state index contributed by atoms with van der Waals surface area (Å²) < 4.78 is 26.9. The molecule has 8 heteroatoms. The normalized spacial score (nSPS) is 15.5. The molecule has 5 nitrogen and oxygen atoms in total. The number of sulfonamides is 1. The molecule has 26 heavy (non-hydrogen) atoms. The van der Waals surface area contributed by atoms with Gasteiger partial charge in [-0.25, -0.2) is 13.1 Å². The Morgan fingerprint density at radius 2 is 1.77 bits per heavy atom. The Bertz CT molecular complexity index is 926. The Balaban J connectivity index is 1.69. The number of hydrogen-bond donors (Lipinski definition) is 2. The number of benzene rings is 2. The summed E-state index contributed by atoms with van der Waals surface area (Å²) in [6, 6.07) is 10.6. The highest BCUT2D eigenvalue weighted by atomic mass is 35.5. The molecule has 1 aliphatic rings. The molecule has 0 bridgehead atoms. The topological polar surface area (TPSA) is 75.3 Å². The van der Waals surface area contributed by atoms with E-state index in [0.29, 0.717) is 15.6 Å². The fourth-order valence-corrected chi connectivity index (χ4v) is 4.36. The predicted octanol–water partition coefficient (Wildman–Crippen LogP) is 3.93. The van der Waals surface area contributed by atoms with Crippen molar-refractivity contribution in [2.75, 3.05) is 0 Å². The van der Waals surface area contributed by atoms with Crippen molar-refractivity contribution in [1.82, 2.24) is 10.0 Å². The highest BCUT2D eigenvalue weighted by Crippen LogP contribution is 2.26. The van der Waals surface area contributed by atoms with Crippen LogP contribution in [0.25, 0.3) is 0 Å². The Hall–Kier alpha value is -1.60. The second kappa shape index (κ2) is 7.56. The standard InChI is InChI=1S/C18H18Cl2N2O3S/c1-11(16-9-4-13(19)10-17(16)20)21-18(23)12-2-7-15(8-3-12)26(24,25)22-14-5-6-14/h2-4,7-11,14,22H,5-6H2,1H3,(H,21,23)/t11-/m0/s1. The summed E-state index contributed by atoms with van der Waals surface area (Å²) in [6.45, 7) is 1.81. The molecule has 0 saturated heterocycles. The van der Waals surface area contributed by atoms with E-state index in [1.165, 1.54) is 24.3 Å². The average molecular weight is 413 g/mol. The van der Waals surface area contributed by atoms with Crippen LogP contribution in [-0.4, -0.2) is 20.4 Å². The number of carbonyl (C=O) groups is 1. The second-order valence-electron chi connectivity index (χ2n) is 6.28. The van der Waals surface area contributed by atoms with E-state index in [1.54, 1.807) is 18.2 Å². The molecular formula is C18H18Cl2N2O3S. The summed E-state index contributed by atoms with van der Waals surface area (Å²) in [6.07, 6.45) is 1.73. The molecule has 2 N–H and O–H groups in total. The first-order chi connectivity index (χ1) is 12.3. The highest BCUT2D eigenvalue weighted by molar-refractivity contribution is 7.89. The van der Waals surface area contributed by atoms with E-state index >= 15 is 0 Å². The monoisotopic (exact) mass is 412 g/mol. The maximum Gasteiger partial charge on any atom is 0.251 e. The molecule has 1 fully saturated rings. The SMILES string of the molecule is C[C@H](NC(=O)c1ccc(S(=O)(=O)NC2CC2)cc1)c1ccc(Cl)cc1Cl. The third-order valence-corrected chi connectivity index (χ3v) is 6.20. The van der Waals surface area contributed by atoms with Crippen LogP contribution in [0.4, 0.5) is 0 Å². The van der Waals surface area contributed by atoms with Crippen LogP contribution >= 0.6 is 23.2 Å². The lowest BCUT2D eigenvalue weighted by molar-refractivity contribution is 0.0940. The molecule has 1 amide bonds. The van der Waals surface area contributed by atoms with Crippen LogP contribution in [-0.2, 0) is 10.0 Å². The number of carbonyl (C=O) groups excluding carboxylic acids is 1. The fraction of sp³-hybridized carbons (Fsp3) is 0.278. The minimum absolute atomic E-state index is 0.0351. The quantitative estimate of drug-likeness (QED) is 0.754. The number of nitrogens with one attached hydrogen (secondary N) is 2. The van der Waals surface area contributed by atoms with Crippen molar-refractivity contribution in [3.05, 3.63) is 63.6 Å². The summed E-state index contributed by atoms with van der Waals surface area (Å²) in [5, 5.41) is 3.83. The van der Waals surface area contributed by atoms with Crippen LogP contribution in [0.3, 0.4) is 0 Å². The molecule has 0 unspecified atom stereocenters. The fourth-order valence-electron chi connectivity index (χ4n) is 2.48. The van der Waals surface area contributed by atoms with Crippen molar-refractivity contribution in [3.8, 4) is 0 Å². The van der Waals surface area contributed by atoms with Crippen LogP contribution in [0.15, 0.2) is 47.4 Å². The molecule has 1 aliphatic carbocycles. The lowest BCUT2D eigenvalue weighted by Crippen LogP contribution is -2.27. The number of rotatable bonds is 6. The minimum atomic E-state index is -3.53. The van der Waals surface area contributed by atoms with E-state index < -0.39 is 10.0 Å². The molecule has 3 rings (SSSR count). The number of amides is 1. The van der Waals surface area contributed by atoms with E-state index in [4.69, 9.17) is 23.2 Å². The molecule has 0 radical (unpaired) electrons. The Morgan fingerprint density at radius 1 is 1.12 bits per heavy atom. The van der Waals surface area contributed by atoms with Crippen molar-refractivity contribution < 1.29 is 13.2 Å². The minimum Gasteiger partial charge on any atom is -0.345 e. The van der Waals surface area contributed by atoms with Gasteiger partial charge in [-0.05, 0) is 61.7 Å². The first-order valence-corrected chi connectivity index (χ1v) is 10.4. The zero-order valence-corrected chi connectivity index (χ0v) is 16.3. The maximum absolute atomic E-state index is 12.4. The van der Waals surface area contributed by atoms with Crippen LogP contribution in [0, 0.1) is 0 Å². The predicted molar refractivity (Wildman–Crippen MR) is 102 cm³/mol. The zero-order chi connectivity index (χ0) is 18.9. The van der Waals surface area contributed by atoms with E-state index in [0.717, 1.165) is 18.4 Å². The lowest BCUT2D eigenvalue weighted by Gasteiger charge is -2.16. The van der Waals surface area contributed by atoms with Crippen LogP contribution in [0.1, 0.15) is 41.7 Å². The molecule has 0 heterocycles. The van der Waals surface area contributed by atoms with E-state index in [2.05, 4.69) is 10.0 Å². The number of hydrogen-bond acceptors (Lipinski definition) is 3. The van der Waals surface area contributed by atoms with Gasteiger partial charge in [-0.2, -0.15) is 0 Å². The van der Waals surface area contributed by atoms with E-state index in [-0.39, 0.29) is 22.9 Å². The van der Waals surface area contributed by atoms with Crippen molar-refractivity contribution >= 4 is 39.1 Å². The maximum atomic E-state index is 12.4. The molecule has 138 valence electrons. The van der Waals surface area contributed by atoms with Crippen LogP contribution < -0.4 is 10.0 Å². The molecule has 1 atom stereocenters. The first kappa shape index (κ1) is 19.2. The van der Waals surface area contributed by atoms with Crippen LogP contribution in [0.2, 0.25) is 10.0 Å². The zero-order valence-electron chi connectivity index (χ0n) is 14.0. The largest absolute Gasteiger partial charge is 0.345 e. The average Bonchev–Trinajstić information content (AvgIpc) is 3.38. The van der Waals surface area contributed by atoms with Gasteiger partial charge in [0.1, 0.15) is 0 Å². The van der Waals surface area contributed by atoms with Gasteiger partial charge in [0, 0.05) is 21.7 Å². The summed E-state index contributed by atoms with van der Waals surface area (Å²) >= 11 is 12.0. The second-order valence-corrected chi connectivity index (χ2v) is 8.84. The molecule has 0 spiro atoms. The summed E-state index contributed by atoms with van der Waals surface area (Å²) in [5.74, 6) is -0.317. The van der Waals surface area contributed by atoms with Gasteiger partial charge in [-0.1, -0.05) is 29.3 Å². The van der Waals surface area contributed by atoms with E-state index in [9.17, 15) is 13.2 Å². The molecule has 2 aromatic carbocycles. The van der Waals surface area contributed by atoms with Gasteiger partial charge in [-0.15, -0.1) is 0 Å². The Labute approximate surface area is 162 Å². The van der Waals surface area contributed by atoms with Gasteiger partial charge in [0.15, 0.2) is 0 Å². The summed E-state index contributed by atoms with van der Waals surface area (Å²) in [5.41, 5.74) is 1.12. The third-order valence-electron chi connectivity index (χ3n) is 4.10. The number of halogens is 2. The van der Waals surface area contributed by atoms with Gasteiger partial charge in [0.2, 0.25) is 10.0 Å². The summed E-state index contributed by atoms with van der Waals surface area (Å²) in [7, 11) is -3.53. The molecule has 2 aromatic rings. The van der Waals surface area contributed by atoms with Gasteiger partial charge < -0.3 is 5.32 Å². The first-order valence-electron chi connectivity index (χ1n) is 8.14.